The summed E-state index contributed by atoms with van der Waals surface area (Å²) in [4.78, 5) is 29.7. The first kappa shape index (κ1) is 18.9. The van der Waals surface area contributed by atoms with Gasteiger partial charge in [0, 0.05) is 22.3 Å². The number of ketones is 1. The second-order valence-electron chi connectivity index (χ2n) is 7.29. The fourth-order valence-electron chi connectivity index (χ4n) is 3.64. The summed E-state index contributed by atoms with van der Waals surface area (Å²) in [5, 5.41) is 6.70. The van der Waals surface area contributed by atoms with Crippen LogP contribution in [-0.4, -0.2) is 21.8 Å². The van der Waals surface area contributed by atoms with E-state index in [1.165, 1.54) is 12.1 Å². The predicted octanol–water partition coefficient (Wildman–Crippen LogP) is 4.58. The van der Waals surface area contributed by atoms with Gasteiger partial charge in [0.1, 0.15) is 11.9 Å². The maximum atomic E-state index is 13.1. The van der Waals surface area contributed by atoms with Crippen LogP contribution in [0.2, 0.25) is 0 Å². The number of carbonyl (C=O) groups is 2. The standard InChI is InChI=1S/C24H16FN3O3/c1-13(24-27-22(28-31-24)14-6-9-16(25)10-7-14)26-23(30)15-8-11-18-17-4-2-3-5-19(17)21(29)20(18)12-15/h2-13H,1H3,(H,26,30). The number of aromatic nitrogens is 2. The van der Waals surface area contributed by atoms with E-state index in [4.69, 9.17) is 4.52 Å². The van der Waals surface area contributed by atoms with E-state index in [1.54, 1.807) is 43.3 Å². The van der Waals surface area contributed by atoms with Crippen LogP contribution in [0.1, 0.15) is 45.1 Å². The Balaban J connectivity index is 1.34. The van der Waals surface area contributed by atoms with Crippen molar-refractivity contribution in [2.24, 2.45) is 0 Å². The van der Waals surface area contributed by atoms with E-state index >= 15 is 0 Å². The molecule has 1 amide bonds. The lowest BCUT2D eigenvalue weighted by molar-refractivity contribution is 0.0932. The zero-order chi connectivity index (χ0) is 21.5. The first-order chi connectivity index (χ1) is 15.0. The number of amides is 1. The van der Waals surface area contributed by atoms with Crippen molar-refractivity contribution in [1.29, 1.82) is 0 Å². The Kier molecular flexibility index (Phi) is 4.43. The van der Waals surface area contributed by atoms with E-state index in [0.717, 1.165) is 11.1 Å². The van der Waals surface area contributed by atoms with Crippen molar-refractivity contribution in [3.05, 3.63) is 95.1 Å². The van der Waals surface area contributed by atoms with E-state index in [1.807, 2.05) is 18.2 Å². The highest BCUT2D eigenvalue weighted by molar-refractivity contribution is 6.22. The van der Waals surface area contributed by atoms with Gasteiger partial charge in [-0.05, 0) is 54.4 Å². The largest absolute Gasteiger partial charge is 0.341 e. The molecule has 0 radical (unpaired) electrons. The number of hydrogen-bond acceptors (Lipinski definition) is 5. The van der Waals surface area contributed by atoms with Gasteiger partial charge in [-0.15, -0.1) is 0 Å². The number of halogens is 1. The summed E-state index contributed by atoms with van der Waals surface area (Å²) in [6.07, 6.45) is 0. The smallest absolute Gasteiger partial charge is 0.251 e. The SMILES string of the molecule is CC(NC(=O)c1ccc2c(c1)C(=O)c1ccccc1-2)c1nc(-c2ccc(F)cc2)no1. The monoisotopic (exact) mass is 413 g/mol. The number of fused-ring (bicyclic) bond motifs is 3. The summed E-state index contributed by atoms with van der Waals surface area (Å²) in [6, 6.07) is 17.6. The number of hydrogen-bond donors (Lipinski definition) is 1. The lowest BCUT2D eigenvalue weighted by Gasteiger charge is -2.10. The molecular weight excluding hydrogens is 397 g/mol. The summed E-state index contributed by atoms with van der Waals surface area (Å²) in [6.45, 7) is 1.72. The van der Waals surface area contributed by atoms with E-state index < -0.39 is 6.04 Å². The number of benzene rings is 3. The molecule has 1 aliphatic rings. The zero-order valence-electron chi connectivity index (χ0n) is 16.4. The topological polar surface area (TPSA) is 85.1 Å². The van der Waals surface area contributed by atoms with Gasteiger partial charge >= 0.3 is 0 Å². The van der Waals surface area contributed by atoms with Crippen molar-refractivity contribution < 1.29 is 18.5 Å². The van der Waals surface area contributed by atoms with Crippen LogP contribution in [0.4, 0.5) is 4.39 Å². The van der Waals surface area contributed by atoms with Gasteiger partial charge < -0.3 is 9.84 Å². The first-order valence-corrected chi connectivity index (χ1v) is 9.70. The Morgan fingerprint density at radius 2 is 1.68 bits per heavy atom. The summed E-state index contributed by atoms with van der Waals surface area (Å²) < 4.78 is 18.3. The minimum absolute atomic E-state index is 0.0888. The molecule has 0 aliphatic heterocycles. The van der Waals surface area contributed by atoms with Gasteiger partial charge in [0.15, 0.2) is 5.78 Å². The van der Waals surface area contributed by atoms with Crippen LogP contribution in [0.25, 0.3) is 22.5 Å². The summed E-state index contributed by atoms with van der Waals surface area (Å²) >= 11 is 0. The molecule has 1 N–H and O–H groups in total. The minimum atomic E-state index is -0.560. The number of nitrogens with zero attached hydrogens (tertiary/aromatic N) is 2. The Morgan fingerprint density at radius 1 is 0.968 bits per heavy atom. The second kappa shape index (κ2) is 7.28. The Morgan fingerprint density at radius 3 is 2.45 bits per heavy atom. The highest BCUT2D eigenvalue weighted by Gasteiger charge is 2.27. The lowest BCUT2D eigenvalue weighted by atomic mass is 10.0. The fraction of sp³-hybridized carbons (Fsp3) is 0.0833. The van der Waals surface area contributed by atoms with Gasteiger partial charge in [0.25, 0.3) is 5.91 Å². The Bertz CT molecular complexity index is 1330. The van der Waals surface area contributed by atoms with Crippen LogP contribution >= 0.6 is 0 Å². The summed E-state index contributed by atoms with van der Waals surface area (Å²) in [5.74, 6) is -0.284. The molecule has 1 atom stereocenters. The molecular formula is C24H16FN3O3. The minimum Gasteiger partial charge on any atom is -0.341 e. The second-order valence-corrected chi connectivity index (χ2v) is 7.29. The average molecular weight is 413 g/mol. The fourth-order valence-corrected chi connectivity index (χ4v) is 3.64. The molecule has 0 bridgehead atoms. The van der Waals surface area contributed by atoms with E-state index in [2.05, 4.69) is 15.5 Å². The third-order valence-corrected chi connectivity index (χ3v) is 5.25. The molecule has 31 heavy (non-hydrogen) atoms. The molecule has 1 aromatic heterocycles. The van der Waals surface area contributed by atoms with Crippen LogP contribution in [0.3, 0.4) is 0 Å². The highest BCUT2D eigenvalue weighted by atomic mass is 19.1. The van der Waals surface area contributed by atoms with Crippen molar-refractivity contribution in [1.82, 2.24) is 15.5 Å². The van der Waals surface area contributed by atoms with Crippen molar-refractivity contribution in [3.8, 4) is 22.5 Å². The average Bonchev–Trinajstić information content (AvgIpc) is 3.39. The molecule has 152 valence electrons. The van der Waals surface area contributed by atoms with Gasteiger partial charge in [0.2, 0.25) is 11.7 Å². The number of carbonyl (C=O) groups excluding carboxylic acids is 2. The molecule has 6 nitrogen and oxygen atoms in total. The van der Waals surface area contributed by atoms with Gasteiger partial charge in [-0.3, -0.25) is 9.59 Å². The predicted molar refractivity (Wildman–Crippen MR) is 111 cm³/mol. The van der Waals surface area contributed by atoms with E-state index in [-0.39, 0.29) is 23.4 Å². The van der Waals surface area contributed by atoms with Crippen LogP contribution < -0.4 is 5.32 Å². The molecule has 0 spiro atoms. The van der Waals surface area contributed by atoms with Gasteiger partial charge in [-0.1, -0.05) is 35.5 Å². The molecule has 1 unspecified atom stereocenters. The van der Waals surface area contributed by atoms with Crippen LogP contribution in [0.15, 0.2) is 71.3 Å². The highest BCUT2D eigenvalue weighted by Crippen LogP contribution is 2.36. The molecule has 1 aliphatic carbocycles. The van der Waals surface area contributed by atoms with Crippen LogP contribution in [-0.2, 0) is 0 Å². The molecule has 0 saturated carbocycles. The van der Waals surface area contributed by atoms with Crippen molar-refractivity contribution in [3.63, 3.8) is 0 Å². The van der Waals surface area contributed by atoms with Gasteiger partial charge in [0.05, 0.1) is 0 Å². The molecule has 3 aromatic carbocycles. The molecule has 7 heteroatoms. The quantitative estimate of drug-likeness (QED) is 0.466. The van der Waals surface area contributed by atoms with Crippen molar-refractivity contribution in [2.45, 2.75) is 13.0 Å². The van der Waals surface area contributed by atoms with Gasteiger partial charge in [-0.25, -0.2) is 4.39 Å². The summed E-state index contributed by atoms with van der Waals surface area (Å²) in [7, 11) is 0. The Hall–Kier alpha value is -4.13. The third kappa shape index (κ3) is 3.30. The number of rotatable bonds is 4. The van der Waals surface area contributed by atoms with E-state index in [0.29, 0.717) is 28.1 Å². The van der Waals surface area contributed by atoms with Crippen molar-refractivity contribution >= 4 is 11.7 Å². The van der Waals surface area contributed by atoms with Crippen molar-refractivity contribution in [2.75, 3.05) is 0 Å². The number of nitrogens with one attached hydrogen (secondary N) is 1. The van der Waals surface area contributed by atoms with Gasteiger partial charge in [-0.2, -0.15) is 4.98 Å². The third-order valence-electron chi connectivity index (χ3n) is 5.25. The first-order valence-electron chi connectivity index (χ1n) is 9.70. The van der Waals surface area contributed by atoms with Crippen LogP contribution in [0, 0.1) is 5.82 Å². The van der Waals surface area contributed by atoms with E-state index in [9.17, 15) is 14.0 Å². The molecule has 0 fully saturated rings. The maximum absolute atomic E-state index is 13.1. The lowest BCUT2D eigenvalue weighted by Crippen LogP contribution is -2.27. The molecule has 5 rings (SSSR count). The van der Waals surface area contributed by atoms with Crippen LogP contribution in [0.5, 0.6) is 0 Å². The maximum Gasteiger partial charge on any atom is 0.251 e. The zero-order valence-corrected chi connectivity index (χ0v) is 16.4. The Labute approximate surface area is 176 Å². The normalized spacial score (nSPS) is 12.9. The molecule has 1 heterocycles. The molecule has 4 aromatic rings. The summed E-state index contributed by atoms with van der Waals surface area (Å²) in [5.41, 5.74) is 3.82. The molecule has 0 saturated heterocycles.